The molecule has 1 amide bonds. The van der Waals surface area contributed by atoms with Crippen molar-refractivity contribution in [3.8, 4) is 17.1 Å². The summed E-state index contributed by atoms with van der Waals surface area (Å²) in [6, 6.07) is 9.27. The number of anilines is 1. The highest BCUT2D eigenvalue weighted by atomic mass is 16.5. The molecule has 1 aliphatic rings. The van der Waals surface area contributed by atoms with Crippen molar-refractivity contribution in [2.24, 2.45) is 0 Å². The fourth-order valence-corrected chi connectivity index (χ4v) is 3.28. The molecule has 1 saturated heterocycles. The number of hydrogen-bond acceptors (Lipinski definition) is 8. The van der Waals surface area contributed by atoms with Gasteiger partial charge in [0.2, 0.25) is 23.6 Å². The number of aromatic nitrogens is 4. The van der Waals surface area contributed by atoms with Gasteiger partial charge in [-0.3, -0.25) is 4.79 Å². The topological polar surface area (TPSA) is 97.5 Å². The van der Waals surface area contributed by atoms with Gasteiger partial charge in [0.15, 0.2) is 0 Å². The van der Waals surface area contributed by atoms with Gasteiger partial charge >= 0.3 is 0 Å². The van der Waals surface area contributed by atoms with Crippen LogP contribution in [0.2, 0.25) is 0 Å². The van der Waals surface area contributed by atoms with Crippen LogP contribution in [0.4, 0.5) is 5.95 Å². The predicted octanol–water partition coefficient (Wildman–Crippen LogP) is 1.82. The van der Waals surface area contributed by atoms with E-state index in [0.29, 0.717) is 62.4 Å². The quantitative estimate of drug-likeness (QED) is 0.624. The van der Waals surface area contributed by atoms with Gasteiger partial charge in [-0.05, 0) is 18.2 Å². The predicted molar refractivity (Wildman–Crippen MR) is 105 cm³/mol. The van der Waals surface area contributed by atoms with E-state index in [1.165, 1.54) is 0 Å². The zero-order chi connectivity index (χ0) is 20.1. The molecule has 3 aromatic rings. The molecule has 0 spiro atoms. The van der Waals surface area contributed by atoms with Gasteiger partial charge in [-0.2, -0.15) is 4.98 Å². The Balaban J connectivity index is 1.30. The summed E-state index contributed by atoms with van der Waals surface area (Å²) in [5.74, 6) is 2.36. The summed E-state index contributed by atoms with van der Waals surface area (Å²) in [6.07, 6.45) is 4.19. The van der Waals surface area contributed by atoms with E-state index >= 15 is 0 Å². The Morgan fingerprint density at radius 3 is 2.62 bits per heavy atom. The lowest BCUT2D eigenvalue weighted by molar-refractivity contribution is -0.131. The number of para-hydroxylation sites is 1. The molecule has 0 unspecified atom stereocenters. The lowest BCUT2D eigenvalue weighted by Crippen LogP contribution is -2.49. The second kappa shape index (κ2) is 8.68. The first-order valence-corrected chi connectivity index (χ1v) is 9.50. The molecule has 0 saturated carbocycles. The van der Waals surface area contributed by atoms with E-state index in [1.807, 2.05) is 29.2 Å². The minimum absolute atomic E-state index is 0.0793. The van der Waals surface area contributed by atoms with E-state index in [2.05, 4.69) is 25.0 Å². The molecular formula is C20H22N6O3. The van der Waals surface area contributed by atoms with Gasteiger partial charge in [0, 0.05) is 51.4 Å². The van der Waals surface area contributed by atoms with Crippen molar-refractivity contribution in [2.75, 3.05) is 38.2 Å². The van der Waals surface area contributed by atoms with Crippen molar-refractivity contribution in [1.29, 1.82) is 0 Å². The number of amides is 1. The third-order valence-electron chi connectivity index (χ3n) is 4.84. The number of ether oxygens (including phenoxy) is 1. The summed E-state index contributed by atoms with van der Waals surface area (Å²) in [5.41, 5.74) is 0.760. The molecule has 9 heteroatoms. The van der Waals surface area contributed by atoms with Gasteiger partial charge < -0.3 is 19.1 Å². The van der Waals surface area contributed by atoms with Crippen LogP contribution in [0.5, 0.6) is 5.75 Å². The van der Waals surface area contributed by atoms with Crippen molar-refractivity contribution < 1.29 is 14.1 Å². The molecule has 29 heavy (non-hydrogen) atoms. The average Bonchev–Trinajstić information content (AvgIpc) is 3.27. The van der Waals surface area contributed by atoms with Gasteiger partial charge in [-0.1, -0.05) is 17.3 Å². The Bertz CT molecular complexity index is 954. The fourth-order valence-electron chi connectivity index (χ4n) is 3.28. The summed E-state index contributed by atoms with van der Waals surface area (Å²) >= 11 is 0. The third kappa shape index (κ3) is 4.34. The standard InChI is InChI=1S/C20H22N6O3/c1-28-16-6-3-2-5-15(16)19-23-17(29-24-19)7-8-18(27)25-11-13-26(14-12-25)20-21-9-4-10-22-20/h2-6,9-10H,7-8,11-14H2,1H3. The van der Waals surface area contributed by atoms with E-state index in [-0.39, 0.29) is 5.91 Å². The molecule has 150 valence electrons. The van der Waals surface area contributed by atoms with Crippen LogP contribution in [-0.2, 0) is 11.2 Å². The Morgan fingerprint density at radius 1 is 1.10 bits per heavy atom. The number of carbonyl (C=O) groups excluding carboxylic acids is 1. The van der Waals surface area contributed by atoms with E-state index < -0.39 is 0 Å². The van der Waals surface area contributed by atoms with Crippen molar-refractivity contribution in [3.63, 3.8) is 0 Å². The lowest BCUT2D eigenvalue weighted by Gasteiger charge is -2.34. The maximum absolute atomic E-state index is 12.6. The minimum Gasteiger partial charge on any atom is -0.496 e. The fraction of sp³-hybridized carbons (Fsp3) is 0.350. The first-order chi connectivity index (χ1) is 14.2. The molecule has 2 aromatic heterocycles. The molecular weight excluding hydrogens is 372 g/mol. The van der Waals surface area contributed by atoms with Gasteiger partial charge in [0.25, 0.3) is 0 Å². The Kier molecular flexibility index (Phi) is 5.64. The van der Waals surface area contributed by atoms with Crippen LogP contribution < -0.4 is 9.64 Å². The minimum atomic E-state index is 0.0793. The van der Waals surface area contributed by atoms with E-state index in [9.17, 15) is 4.79 Å². The van der Waals surface area contributed by atoms with Crippen molar-refractivity contribution in [1.82, 2.24) is 25.0 Å². The van der Waals surface area contributed by atoms with E-state index in [1.54, 1.807) is 25.6 Å². The summed E-state index contributed by atoms with van der Waals surface area (Å²) in [4.78, 5) is 29.4. The maximum atomic E-state index is 12.6. The zero-order valence-electron chi connectivity index (χ0n) is 16.2. The van der Waals surface area contributed by atoms with Crippen molar-refractivity contribution in [3.05, 3.63) is 48.6 Å². The number of hydrogen-bond donors (Lipinski definition) is 0. The van der Waals surface area contributed by atoms with Gasteiger partial charge in [0.05, 0.1) is 12.7 Å². The molecule has 0 bridgehead atoms. The summed E-state index contributed by atoms with van der Waals surface area (Å²) in [6.45, 7) is 2.73. The van der Waals surface area contributed by atoms with Crippen molar-refractivity contribution >= 4 is 11.9 Å². The molecule has 1 aromatic carbocycles. The Labute approximate surface area is 168 Å². The van der Waals surface area contributed by atoms with Crippen LogP contribution >= 0.6 is 0 Å². The Hall–Kier alpha value is -3.49. The largest absolute Gasteiger partial charge is 0.496 e. The van der Waals surface area contributed by atoms with Crippen LogP contribution in [0.25, 0.3) is 11.4 Å². The van der Waals surface area contributed by atoms with Gasteiger partial charge in [-0.25, -0.2) is 9.97 Å². The van der Waals surface area contributed by atoms with Crippen LogP contribution in [0.15, 0.2) is 47.2 Å². The Morgan fingerprint density at radius 2 is 1.86 bits per heavy atom. The summed E-state index contributed by atoms with van der Waals surface area (Å²) in [7, 11) is 1.60. The zero-order valence-corrected chi connectivity index (χ0v) is 16.2. The first kappa shape index (κ1) is 18.9. The highest BCUT2D eigenvalue weighted by molar-refractivity contribution is 5.76. The normalized spacial score (nSPS) is 14.1. The number of nitrogens with zero attached hydrogens (tertiary/aromatic N) is 6. The molecule has 4 rings (SSSR count). The molecule has 0 atom stereocenters. The molecule has 3 heterocycles. The van der Waals surface area contributed by atoms with Gasteiger partial charge in [-0.15, -0.1) is 0 Å². The van der Waals surface area contributed by atoms with Crippen LogP contribution in [-0.4, -0.2) is 64.2 Å². The highest BCUT2D eigenvalue weighted by Gasteiger charge is 2.23. The molecule has 1 aliphatic heterocycles. The molecule has 0 radical (unpaired) electrons. The number of carbonyl (C=O) groups is 1. The van der Waals surface area contributed by atoms with Crippen LogP contribution in [0, 0.1) is 0 Å². The number of piperazine rings is 1. The third-order valence-corrected chi connectivity index (χ3v) is 4.84. The van der Waals surface area contributed by atoms with E-state index in [0.717, 1.165) is 5.56 Å². The summed E-state index contributed by atoms with van der Waals surface area (Å²) in [5, 5.41) is 4.02. The average molecular weight is 394 g/mol. The second-order valence-corrected chi connectivity index (χ2v) is 6.63. The van der Waals surface area contributed by atoms with Crippen LogP contribution in [0.1, 0.15) is 12.3 Å². The second-order valence-electron chi connectivity index (χ2n) is 6.63. The number of benzene rings is 1. The molecule has 0 N–H and O–H groups in total. The monoisotopic (exact) mass is 394 g/mol. The SMILES string of the molecule is COc1ccccc1-c1noc(CCC(=O)N2CCN(c3ncccn3)CC2)n1. The van der Waals surface area contributed by atoms with Crippen molar-refractivity contribution in [2.45, 2.75) is 12.8 Å². The first-order valence-electron chi connectivity index (χ1n) is 9.50. The van der Waals surface area contributed by atoms with E-state index in [4.69, 9.17) is 9.26 Å². The smallest absolute Gasteiger partial charge is 0.227 e. The van der Waals surface area contributed by atoms with Crippen LogP contribution in [0.3, 0.4) is 0 Å². The number of methoxy groups -OCH3 is 1. The number of rotatable bonds is 6. The highest BCUT2D eigenvalue weighted by Crippen LogP contribution is 2.27. The van der Waals surface area contributed by atoms with Gasteiger partial charge in [0.1, 0.15) is 5.75 Å². The lowest BCUT2D eigenvalue weighted by atomic mass is 10.2. The molecule has 9 nitrogen and oxygen atoms in total. The number of aryl methyl sites for hydroxylation is 1. The molecule has 0 aliphatic carbocycles. The maximum Gasteiger partial charge on any atom is 0.227 e. The summed E-state index contributed by atoms with van der Waals surface area (Å²) < 4.78 is 10.7. The molecule has 1 fully saturated rings.